The van der Waals surface area contributed by atoms with E-state index < -0.39 is 0 Å². The second-order valence-electron chi connectivity index (χ2n) is 5.37. The Labute approximate surface area is 119 Å². The zero-order valence-corrected chi connectivity index (χ0v) is 11.8. The first-order chi connectivity index (χ1) is 9.81. The van der Waals surface area contributed by atoms with E-state index >= 15 is 0 Å². The lowest BCUT2D eigenvalue weighted by molar-refractivity contribution is 0.670. The van der Waals surface area contributed by atoms with E-state index in [1.54, 1.807) is 0 Å². The molecule has 0 saturated heterocycles. The fourth-order valence-corrected chi connectivity index (χ4v) is 2.14. The Bertz CT molecular complexity index is 551. The molecular weight excluding hydrogens is 248 g/mol. The molecule has 4 nitrogen and oxygen atoms in total. The van der Waals surface area contributed by atoms with Crippen molar-refractivity contribution in [2.75, 3.05) is 11.9 Å². The fraction of sp³-hybridized carbons (Fsp3) is 0.375. The molecule has 0 bridgehead atoms. The highest BCUT2D eigenvalue weighted by atomic mass is 15.2. The van der Waals surface area contributed by atoms with Crippen LogP contribution in [0.1, 0.15) is 24.1 Å². The zero-order valence-electron chi connectivity index (χ0n) is 11.8. The lowest BCUT2D eigenvalue weighted by Crippen LogP contribution is -2.20. The maximum absolute atomic E-state index is 4.67. The molecule has 0 amide bonds. The van der Waals surface area contributed by atoms with Gasteiger partial charge in [0.1, 0.15) is 5.82 Å². The van der Waals surface area contributed by atoms with Crippen molar-refractivity contribution in [3.63, 3.8) is 0 Å². The van der Waals surface area contributed by atoms with E-state index in [1.165, 1.54) is 18.4 Å². The molecule has 1 aromatic carbocycles. The van der Waals surface area contributed by atoms with Gasteiger partial charge < -0.3 is 10.2 Å². The number of aromatic nitrogens is 2. The van der Waals surface area contributed by atoms with E-state index in [1.807, 2.05) is 18.5 Å². The molecule has 0 atom stereocenters. The van der Waals surface area contributed by atoms with Gasteiger partial charge in [0.2, 0.25) is 0 Å². The highest BCUT2D eigenvalue weighted by molar-refractivity contribution is 5.36. The number of rotatable bonds is 6. The Hall–Kier alpha value is -1.94. The summed E-state index contributed by atoms with van der Waals surface area (Å²) in [5.41, 5.74) is 2.28. The summed E-state index contributed by atoms with van der Waals surface area (Å²) in [6.07, 6.45) is 6.25. The smallest absolute Gasteiger partial charge is 0.147 e. The molecule has 2 aromatic rings. The maximum atomic E-state index is 4.67. The van der Waals surface area contributed by atoms with E-state index in [-0.39, 0.29) is 0 Å². The molecule has 1 N–H and O–H groups in total. The molecule has 4 heteroatoms. The van der Waals surface area contributed by atoms with Gasteiger partial charge in [0.05, 0.1) is 11.9 Å². The summed E-state index contributed by atoms with van der Waals surface area (Å²) < 4.78 is 0. The average Bonchev–Trinajstić information content (AvgIpc) is 3.31. The highest BCUT2D eigenvalue weighted by Crippen LogP contribution is 2.19. The normalized spacial score (nSPS) is 14.2. The zero-order chi connectivity index (χ0) is 13.8. The van der Waals surface area contributed by atoms with Crippen LogP contribution >= 0.6 is 0 Å². The molecule has 0 radical (unpaired) electrons. The van der Waals surface area contributed by atoms with Crippen molar-refractivity contribution < 1.29 is 0 Å². The van der Waals surface area contributed by atoms with Crippen LogP contribution in [0.4, 0.5) is 5.82 Å². The Morgan fingerprint density at radius 2 is 2.00 bits per heavy atom. The Balaban J connectivity index is 1.64. The first-order valence-corrected chi connectivity index (χ1v) is 7.10. The largest absolute Gasteiger partial charge is 0.354 e. The average molecular weight is 268 g/mol. The first kappa shape index (κ1) is 13.1. The number of hydrogen-bond acceptors (Lipinski definition) is 4. The molecule has 20 heavy (non-hydrogen) atoms. The molecule has 0 spiro atoms. The van der Waals surface area contributed by atoms with Crippen LogP contribution in [0.2, 0.25) is 0 Å². The summed E-state index contributed by atoms with van der Waals surface area (Å²) in [5.74, 6) is 0.920. The third kappa shape index (κ3) is 3.54. The molecule has 1 heterocycles. The predicted octanol–water partition coefficient (Wildman–Crippen LogP) is 2.37. The minimum atomic E-state index is 0.697. The summed E-state index contributed by atoms with van der Waals surface area (Å²) in [7, 11) is 2.05. The van der Waals surface area contributed by atoms with Crippen molar-refractivity contribution in [2.45, 2.75) is 32.0 Å². The quantitative estimate of drug-likeness (QED) is 0.873. The van der Waals surface area contributed by atoms with Crippen molar-refractivity contribution in [3.05, 3.63) is 54.0 Å². The van der Waals surface area contributed by atoms with E-state index in [4.69, 9.17) is 0 Å². The van der Waals surface area contributed by atoms with Gasteiger partial charge in [-0.1, -0.05) is 30.3 Å². The summed E-state index contributed by atoms with van der Waals surface area (Å²) >= 11 is 0. The van der Waals surface area contributed by atoms with Crippen LogP contribution in [0.25, 0.3) is 0 Å². The van der Waals surface area contributed by atoms with Gasteiger partial charge in [0.15, 0.2) is 0 Å². The minimum absolute atomic E-state index is 0.697. The van der Waals surface area contributed by atoms with Crippen LogP contribution < -0.4 is 10.2 Å². The van der Waals surface area contributed by atoms with Crippen LogP contribution in [0.5, 0.6) is 0 Å². The van der Waals surface area contributed by atoms with Gasteiger partial charge in [-0.3, -0.25) is 4.98 Å². The molecule has 0 unspecified atom stereocenters. The summed E-state index contributed by atoms with van der Waals surface area (Å²) in [6.45, 7) is 1.65. The van der Waals surface area contributed by atoms with Gasteiger partial charge in [-0.2, -0.15) is 0 Å². The van der Waals surface area contributed by atoms with E-state index in [2.05, 4.69) is 51.5 Å². The van der Waals surface area contributed by atoms with Gasteiger partial charge in [0, 0.05) is 32.4 Å². The molecule has 0 aliphatic heterocycles. The Morgan fingerprint density at radius 1 is 1.20 bits per heavy atom. The van der Waals surface area contributed by atoms with Crippen molar-refractivity contribution in [1.82, 2.24) is 15.3 Å². The lowest BCUT2D eigenvalue weighted by Gasteiger charge is -2.18. The van der Waals surface area contributed by atoms with Gasteiger partial charge in [0.25, 0.3) is 0 Å². The van der Waals surface area contributed by atoms with Crippen LogP contribution in [0, 0.1) is 0 Å². The topological polar surface area (TPSA) is 41.1 Å². The Morgan fingerprint density at radius 3 is 2.75 bits per heavy atom. The predicted molar refractivity (Wildman–Crippen MR) is 80.4 cm³/mol. The molecule has 1 aliphatic carbocycles. The van der Waals surface area contributed by atoms with Crippen molar-refractivity contribution in [2.24, 2.45) is 0 Å². The van der Waals surface area contributed by atoms with Gasteiger partial charge >= 0.3 is 0 Å². The Kier molecular flexibility index (Phi) is 3.92. The molecule has 1 aliphatic rings. The number of hydrogen-bond donors (Lipinski definition) is 1. The standard InChI is InChI=1S/C16H20N4/c1-20(12-13-5-3-2-4-6-13)16-11-17-9-15(19-16)10-18-14-7-8-14/h2-6,9,11,14,18H,7-8,10,12H2,1H3. The molecule has 3 rings (SSSR count). The third-order valence-electron chi connectivity index (χ3n) is 3.47. The van der Waals surface area contributed by atoms with Crippen LogP contribution in [-0.2, 0) is 13.1 Å². The monoisotopic (exact) mass is 268 g/mol. The molecule has 1 aromatic heterocycles. The first-order valence-electron chi connectivity index (χ1n) is 7.10. The number of nitrogens with one attached hydrogen (secondary N) is 1. The van der Waals surface area contributed by atoms with E-state index in [9.17, 15) is 0 Å². The van der Waals surface area contributed by atoms with E-state index in [0.717, 1.165) is 24.6 Å². The lowest BCUT2D eigenvalue weighted by atomic mass is 10.2. The molecule has 104 valence electrons. The minimum Gasteiger partial charge on any atom is -0.354 e. The van der Waals surface area contributed by atoms with Gasteiger partial charge in [-0.05, 0) is 18.4 Å². The van der Waals surface area contributed by atoms with Crippen LogP contribution in [0.15, 0.2) is 42.7 Å². The van der Waals surface area contributed by atoms with E-state index in [0.29, 0.717) is 6.04 Å². The second kappa shape index (κ2) is 6.01. The SMILES string of the molecule is CN(Cc1ccccc1)c1cncc(CNC2CC2)n1. The summed E-state index contributed by atoms with van der Waals surface area (Å²) in [6, 6.07) is 11.1. The van der Waals surface area contributed by atoms with Gasteiger partial charge in [-0.15, -0.1) is 0 Å². The van der Waals surface area contributed by atoms with Crippen LogP contribution in [-0.4, -0.2) is 23.1 Å². The summed E-state index contributed by atoms with van der Waals surface area (Å²) in [4.78, 5) is 11.1. The summed E-state index contributed by atoms with van der Waals surface area (Å²) in [5, 5.41) is 3.47. The van der Waals surface area contributed by atoms with Gasteiger partial charge in [-0.25, -0.2) is 4.98 Å². The molecule has 1 saturated carbocycles. The third-order valence-corrected chi connectivity index (χ3v) is 3.47. The van der Waals surface area contributed by atoms with Crippen molar-refractivity contribution in [3.8, 4) is 0 Å². The fourth-order valence-electron chi connectivity index (χ4n) is 2.14. The molecule has 1 fully saturated rings. The number of benzene rings is 1. The van der Waals surface area contributed by atoms with Crippen LogP contribution in [0.3, 0.4) is 0 Å². The second-order valence-corrected chi connectivity index (χ2v) is 5.37. The number of anilines is 1. The van der Waals surface area contributed by atoms with Crippen molar-refractivity contribution >= 4 is 5.82 Å². The number of nitrogens with zero attached hydrogens (tertiary/aromatic N) is 3. The molecular formula is C16H20N4. The van der Waals surface area contributed by atoms with Crippen molar-refractivity contribution in [1.29, 1.82) is 0 Å². The highest BCUT2D eigenvalue weighted by Gasteiger charge is 2.20. The maximum Gasteiger partial charge on any atom is 0.147 e.